The van der Waals surface area contributed by atoms with Crippen LogP contribution < -0.4 is 20.1 Å². The smallest absolute Gasteiger partial charge is 0.261 e. The minimum atomic E-state index is -3.96. The van der Waals surface area contributed by atoms with Crippen molar-refractivity contribution in [1.29, 1.82) is 0 Å². The maximum atomic E-state index is 13.1. The topological polar surface area (TPSA) is 113 Å². The molecule has 0 unspecified atom stereocenters. The standard InChI is InChI=1S/C23H28N4O5S/c1-27(2)10-9-24-23(28)18-12-20(25-15-17-8-11-32-16-17)14-22(13-18)33(29,30)26-19-4-6-21(31-3)7-5-19/h4-8,11-14,16,25-26H,9-10,15H2,1-3H3,(H,24,28). The minimum Gasteiger partial charge on any atom is -0.497 e. The quantitative estimate of drug-likeness (QED) is 0.393. The first kappa shape index (κ1) is 24.1. The Labute approximate surface area is 193 Å². The number of methoxy groups -OCH3 is 1. The van der Waals surface area contributed by atoms with Gasteiger partial charge in [0.2, 0.25) is 0 Å². The molecule has 9 nitrogen and oxygen atoms in total. The van der Waals surface area contributed by atoms with E-state index in [-0.39, 0.29) is 16.4 Å². The van der Waals surface area contributed by atoms with Gasteiger partial charge in [0.05, 0.1) is 24.5 Å². The third-order valence-corrected chi connectivity index (χ3v) is 6.10. The summed E-state index contributed by atoms with van der Waals surface area (Å²) in [6, 6.07) is 12.8. The van der Waals surface area contributed by atoms with Gasteiger partial charge in [0.25, 0.3) is 15.9 Å². The van der Waals surface area contributed by atoms with E-state index in [1.54, 1.807) is 48.9 Å². The van der Waals surface area contributed by atoms with E-state index >= 15 is 0 Å². The van der Waals surface area contributed by atoms with Crippen LogP contribution in [0, 0.1) is 0 Å². The van der Waals surface area contributed by atoms with Crippen molar-refractivity contribution in [2.45, 2.75) is 11.4 Å². The van der Waals surface area contributed by atoms with Crippen LogP contribution in [0.3, 0.4) is 0 Å². The van der Waals surface area contributed by atoms with Gasteiger partial charge in [-0.2, -0.15) is 0 Å². The number of sulfonamides is 1. The second-order valence-electron chi connectivity index (χ2n) is 7.62. The third-order valence-electron chi connectivity index (χ3n) is 4.74. The molecule has 0 saturated heterocycles. The highest BCUT2D eigenvalue weighted by atomic mass is 32.2. The molecular weight excluding hydrogens is 444 g/mol. The summed E-state index contributed by atoms with van der Waals surface area (Å²) in [5, 5.41) is 5.97. The molecule has 0 atom stereocenters. The number of furan rings is 1. The number of rotatable bonds is 11. The molecule has 0 aliphatic carbocycles. The number of hydrogen-bond donors (Lipinski definition) is 3. The van der Waals surface area contributed by atoms with Crippen molar-refractivity contribution in [3.63, 3.8) is 0 Å². The van der Waals surface area contributed by atoms with Crippen LogP contribution >= 0.6 is 0 Å². The maximum Gasteiger partial charge on any atom is 0.261 e. The van der Waals surface area contributed by atoms with Crippen molar-refractivity contribution >= 4 is 27.3 Å². The van der Waals surface area contributed by atoms with Gasteiger partial charge >= 0.3 is 0 Å². The summed E-state index contributed by atoms with van der Waals surface area (Å²) in [6.45, 7) is 1.51. The first-order valence-corrected chi connectivity index (χ1v) is 11.7. The summed E-state index contributed by atoms with van der Waals surface area (Å²) in [5.41, 5.74) is 1.99. The zero-order chi connectivity index (χ0) is 23.8. The number of nitrogens with zero attached hydrogens (tertiary/aromatic N) is 1. The fourth-order valence-corrected chi connectivity index (χ4v) is 4.08. The Balaban J connectivity index is 1.86. The lowest BCUT2D eigenvalue weighted by Crippen LogP contribution is -2.31. The Morgan fingerprint density at radius 2 is 1.82 bits per heavy atom. The Bertz CT molecular complexity index is 1160. The molecule has 0 bridgehead atoms. The largest absolute Gasteiger partial charge is 0.497 e. The van der Waals surface area contributed by atoms with Crippen molar-refractivity contribution in [3.05, 3.63) is 72.2 Å². The lowest BCUT2D eigenvalue weighted by Gasteiger charge is -2.14. The molecule has 176 valence electrons. The zero-order valence-corrected chi connectivity index (χ0v) is 19.6. The van der Waals surface area contributed by atoms with Crippen LogP contribution in [0.15, 0.2) is 70.4 Å². The van der Waals surface area contributed by atoms with Crippen LogP contribution in [0.1, 0.15) is 15.9 Å². The van der Waals surface area contributed by atoms with Gasteiger partial charge in [0, 0.05) is 42.1 Å². The van der Waals surface area contributed by atoms with E-state index in [4.69, 9.17) is 9.15 Å². The average Bonchev–Trinajstić information content (AvgIpc) is 3.31. The first-order valence-electron chi connectivity index (χ1n) is 10.3. The van der Waals surface area contributed by atoms with Crippen LogP contribution in [-0.4, -0.2) is 53.5 Å². The van der Waals surface area contributed by atoms with E-state index in [0.29, 0.717) is 36.8 Å². The lowest BCUT2D eigenvalue weighted by atomic mass is 10.2. The predicted molar refractivity (Wildman–Crippen MR) is 127 cm³/mol. The van der Waals surface area contributed by atoms with Gasteiger partial charge < -0.3 is 24.7 Å². The minimum absolute atomic E-state index is 0.0340. The molecule has 3 rings (SSSR count). The molecular formula is C23H28N4O5S. The molecule has 0 aliphatic rings. The average molecular weight is 473 g/mol. The third kappa shape index (κ3) is 6.99. The second kappa shape index (κ2) is 10.9. The number of likely N-dealkylation sites (N-methyl/N-ethyl adjacent to an activating group) is 1. The molecule has 1 amide bonds. The highest BCUT2D eigenvalue weighted by Crippen LogP contribution is 2.24. The van der Waals surface area contributed by atoms with E-state index in [0.717, 1.165) is 5.56 Å². The summed E-state index contributed by atoms with van der Waals surface area (Å²) in [7, 11) is 1.39. The van der Waals surface area contributed by atoms with E-state index in [1.807, 2.05) is 19.0 Å². The Morgan fingerprint density at radius 3 is 2.45 bits per heavy atom. The van der Waals surface area contributed by atoms with Crippen LogP contribution in [-0.2, 0) is 16.6 Å². The Kier molecular flexibility index (Phi) is 7.96. The van der Waals surface area contributed by atoms with Crippen molar-refractivity contribution in [2.75, 3.05) is 44.3 Å². The van der Waals surface area contributed by atoms with E-state index < -0.39 is 10.0 Å². The molecule has 1 heterocycles. The van der Waals surface area contributed by atoms with Gasteiger partial charge in [-0.3, -0.25) is 9.52 Å². The summed E-state index contributed by atoms with van der Waals surface area (Å²) in [4.78, 5) is 14.6. The lowest BCUT2D eigenvalue weighted by molar-refractivity contribution is 0.0951. The number of carbonyl (C=O) groups excluding carboxylic acids is 1. The normalized spacial score (nSPS) is 11.3. The molecule has 2 aromatic carbocycles. The Morgan fingerprint density at radius 1 is 1.06 bits per heavy atom. The fourth-order valence-electron chi connectivity index (χ4n) is 2.95. The monoisotopic (exact) mass is 472 g/mol. The van der Waals surface area contributed by atoms with Gasteiger partial charge in [-0.05, 0) is 62.6 Å². The number of nitrogens with one attached hydrogen (secondary N) is 3. The van der Waals surface area contributed by atoms with Crippen LogP contribution in [0.4, 0.5) is 11.4 Å². The molecule has 33 heavy (non-hydrogen) atoms. The van der Waals surface area contributed by atoms with Gasteiger partial charge in [-0.15, -0.1) is 0 Å². The predicted octanol–water partition coefficient (Wildman–Crippen LogP) is 2.99. The number of carbonyl (C=O) groups is 1. The van der Waals surface area contributed by atoms with Gasteiger partial charge in [-0.25, -0.2) is 8.42 Å². The van der Waals surface area contributed by atoms with Gasteiger partial charge in [-0.1, -0.05) is 0 Å². The number of anilines is 2. The molecule has 3 aromatic rings. The summed E-state index contributed by atoms with van der Waals surface area (Å²) in [6.07, 6.45) is 3.15. The van der Waals surface area contributed by atoms with E-state index in [9.17, 15) is 13.2 Å². The maximum absolute atomic E-state index is 13.1. The molecule has 1 aromatic heterocycles. The Hall–Kier alpha value is -3.50. The van der Waals surface area contributed by atoms with Gasteiger partial charge in [0.1, 0.15) is 5.75 Å². The number of amides is 1. The van der Waals surface area contributed by atoms with Crippen molar-refractivity contribution in [2.24, 2.45) is 0 Å². The molecule has 0 saturated carbocycles. The van der Waals surface area contributed by atoms with Crippen molar-refractivity contribution < 1.29 is 22.4 Å². The molecule has 0 fully saturated rings. The first-order chi connectivity index (χ1) is 15.8. The van der Waals surface area contributed by atoms with Crippen LogP contribution in [0.25, 0.3) is 0 Å². The summed E-state index contributed by atoms with van der Waals surface area (Å²) in [5.74, 6) is 0.254. The van der Waals surface area contributed by atoms with Crippen LogP contribution in [0.2, 0.25) is 0 Å². The fraction of sp³-hybridized carbons (Fsp3) is 0.261. The van der Waals surface area contributed by atoms with E-state index in [2.05, 4.69) is 15.4 Å². The molecule has 0 radical (unpaired) electrons. The molecule has 10 heteroatoms. The van der Waals surface area contributed by atoms with Crippen molar-refractivity contribution in [1.82, 2.24) is 10.2 Å². The van der Waals surface area contributed by atoms with Gasteiger partial charge in [0.15, 0.2) is 0 Å². The molecule has 0 aliphatic heterocycles. The highest BCUT2D eigenvalue weighted by molar-refractivity contribution is 7.92. The number of hydrogen-bond acceptors (Lipinski definition) is 7. The molecule has 3 N–H and O–H groups in total. The second-order valence-corrected chi connectivity index (χ2v) is 9.31. The summed E-state index contributed by atoms with van der Waals surface area (Å²) >= 11 is 0. The summed E-state index contributed by atoms with van der Waals surface area (Å²) < 4.78 is 38.9. The molecule has 0 spiro atoms. The van der Waals surface area contributed by atoms with E-state index in [1.165, 1.54) is 19.2 Å². The number of benzene rings is 2. The SMILES string of the molecule is COc1ccc(NS(=O)(=O)c2cc(NCc3ccoc3)cc(C(=O)NCCN(C)C)c2)cc1. The zero-order valence-electron chi connectivity index (χ0n) is 18.8. The van der Waals surface area contributed by atoms with Crippen LogP contribution in [0.5, 0.6) is 5.75 Å². The van der Waals surface area contributed by atoms with Crippen molar-refractivity contribution in [3.8, 4) is 5.75 Å². The number of ether oxygens (including phenoxy) is 1. The highest BCUT2D eigenvalue weighted by Gasteiger charge is 2.19.